The largest absolute Gasteiger partial charge is 0.217 e. The molecule has 3 nitrogen and oxygen atoms in total. The van der Waals surface area contributed by atoms with Crippen molar-refractivity contribution in [3.63, 3.8) is 0 Å². The summed E-state index contributed by atoms with van der Waals surface area (Å²) in [5.74, 6) is 3.30. The van der Waals surface area contributed by atoms with Crippen molar-refractivity contribution >= 4 is 0 Å². The maximum Gasteiger partial charge on any atom is 0.137 e. The van der Waals surface area contributed by atoms with Crippen LogP contribution in [0.5, 0.6) is 0 Å². The van der Waals surface area contributed by atoms with Gasteiger partial charge in [-0.3, -0.25) is 0 Å². The van der Waals surface area contributed by atoms with Crippen molar-refractivity contribution in [3.05, 3.63) is 89.3 Å². The molecule has 1 saturated carbocycles. The maximum atomic E-state index is 4.71. The van der Waals surface area contributed by atoms with Crippen molar-refractivity contribution < 1.29 is 0 Å². The van der Waals surface area contributed by atoms with E-state index in [0.717, 1.165) is 30.3 Å². The van der Waals surface area contributed by atoms with E-state index in [0.29, 0.717) is 5.92 Å². The first-order valence-electron chi connectivity index (χ1n) is 8.18. The molecule has 3 heteroatoms. The first kappa shape index (κ1) is 14.1. The van der Waals surface area contributed by atoms with Gasteiger partial charge in [0.25, 0.3) is 0 Å². The van der Waals surface area contributed by atoms with Gasteiger partial charge in [0.15, 0.2) is 0 Å². The van der Waals surface area contributed by atoms with E-state index in [-0.39, 0.29) is 0 Å². The van der Waals surface area contributed by atoms with Crippen LogP contribution in [0.15, 0.2) is 60.7 Å². The van der Waals surface area contributed by atoms with Crippen LogP contribution in [-0.2, 0) is 12.8 Å². The SMILES string of the molecule is c1ccc(Cc2nc(Cc3ccccc3)nc(C3CC3)n2)cc1. The molecule has 0 atom stereocenters. The molecule has 0 unspecified atom stereocenters. The summed E-state index contributed by atoms with van der Waals surface area (Å²) in [4.78, 5) is 14.1. The molecule has 3 aromatic rings. The number of benzene rings is 2. The molecule has 1 aliphatic rings. The molecule has 0 radical (unpaired) electrons. The minimum atomic E-state index is 0.544. The van der Waals surface area contributed by atoms with Gasteiger partial charge in [0, 0.05) is 18.8 Å². The fraction of sp³-hybridized carbons (Fsp3) is 0.250. The summed E-state index contributed by atoms with van der Waals surface area (Å²) in [7, 11) is 0. The molecule has 1 fully saturated rings. The van der Waals surface area contributed by atoms with Gasteiger partial charge in [-0.05, 0) is 24.0 Å². The van der Waals surface area contributed by atoms with E-state index in [4.69, 9.17) is 15.0 Å². The molecule has 1 heterocycles. The van der Waals surface area contributed by atoms with Crippen LogP contribution in [0.4, 0.5) is 0 Å². The van der Waals surface area contributed by atoms with Crippen molar-refractivity contribution in [2.24, 2.45) is 0 Å². The van der Waals surface area contributed by atoms with E-state index in [9.17, 15) is 0 Å². The highest BCUT2D eigenvalue weighted by Gasteiger charge is 2.27. The van der Waals surface area contributed by atoms with Crippen LogP contribution in [0.1, 0.15) is 47.4 Å². The lowest BCUT2D eigenvalue weighted by Crippen LogP contribution is -2.08. The van der Waals surface area contributed by atoms with E-state index < -0.39 is 0 Å². The Labute approximate surface area is 136 Å². The second kappa shape index (κ2) is 6.29. The topological polar surface area (TPSA) is 38.7 Å². The highest BCUT2D eigenvalue weighted by Crippen LogP contribution is 2.38. The van der Waals surface area contributed by atoms with Gasteiger partial charge in [0.1, 0.15) is 17.5 Å². The normalized spacial score (nSPS) is 13.9. The van der Waals surface area contributed by atoms with Gasteiger partial charge >= 0.3 is 0 Å². The molecule has 2 aromatic carbocycles. The van der Waals surface area contributed by atoms with Crippen LogP contribution in [0, 0.1) is 0 Å². The summed E-state index contributed by atoms with van der Waals surface area (Å²) < 4.78 is 0. The molecular formula is C20H19N3. The number of hydrogen-bond donors (Lipinski definition) is 0. The Morgan fingerprint density at radius 2 is 1.13 bits per heavy atom. The average Bonchev–Trinajstić information content (AvgIpc) is 3.41. The van der Waals surface area contributed by atoms with Crippen molar-refractivity contribution in [1.82, 2.24) is 15.0 Å². The molecule has 4 rings (SSSR count). The highest BCUT2D eigenvalue weighted by molar-refractivity contribution is 5.22. The highest BCUT2D eigenvalue weighted by atomic mass is 15.0. The fourth-order valence-electron chi connectivity index (χ4n) is 2.73. The Kier molecular flexibility index (Phi) is 3.85. The number of aromatic nitrogens is 3. The van der Waals surface area contributed by atoms with Crippen molar-refractivity contribution in [2.75, 3.05) is 0 Å². The maximum absolute atomic E-state index is 4.71. The smallest absolute Gasteiger partial charge is 0.137 e. The summed E-state index contributed by atoms with van der Waals surface area (Å²) in [6.07, 6.45) is 3.95. The third-order valence-electron chi connectivity index (χ3n) is 4.10. The van der Waals surface area contributed by atoms with Gasteiger partial charge in [0.05, 0.1) is 0 Å². The van der Waals surface area contributed by atoms with Gasteiger partial charge in [0.2, 0.25) is 0 Å². The zero-order valence-electron chi connectivity index (χ0n) is 13.0. The van der Waals surface area contributed by atoms with Gasteiger partial charge in [-0.25, -0.2) is 15.0 Å². The van der Waals surface area contributed by atoms with Gasteiger partial charge in [-0.2, -0.15) is 0 Å². The first-order chi connectivity index (χ1) is 11.4. The molecule has 114 valence electrons. The molecule has 0 amide bonds. The lowest BCUT2D eigenvalue weighted by atomic mass is 10.1. The third kappa shape index (κ3) is 3.62. The molecule has 0 N–H and O–H groups in total. The second-order valence-corrected chi connectivity index (χ2v) is 6.13. The van der Waals surface area contributed by atoms with E-state index in [2.05, 4.69) is 48.5 Å². The zero-order chi connectivity index (χ0) is 15.5. The van der Waals surface area contributed by atoms with E-state index in [1.807, 2.05) is 12.1 Å². The van der Waals surface area contributed by atoms with E-state index in [1.165, 1.54) is 24.0 Å². The Morgan fingerprint density at radius 3 is 1.57 bits per heavy atom. The monoisotopic (exact) mass is 301 g/mol. The Bertz CT molecular complexity index is 721. The first-order valence-corrected chi connectivity index (χ1v) is 8.18. The number of rotatable bonds is 5. The average molecular weight is 301 g/mol. The van der Waals surface area contributed by atoms with Gasteiger partial charge < -0.3 is 0 Å². The van der Waals surface area contributed by atoms with Crippen molar-refractivity contribution in [2.45, 2.75) is 31.6 Å². The van der Waals surface area contributed by atoms with Crippen LogP contribution >= 0.6 is 0 Å². The standard InChI is InChI=1S/C20H19N3/c1-3-7-15(8-4-1)13-18-21-19(14-16-9-5-2-6-10-16)23-20(22-18)17-11-12-17/h1-10,17H,11-14H2. The molecule has 1 aliphatic carbocycles. The predicted molar refractivity (Wildman–Crippen MR) is 90.3 cm³/mol. The summed E-state index contributed by atoms with van der Waals surface area (Å²) in [5.41, 5.74) is 2.48. The lowest BCUT2D eigenvalue weighted by Gasteiger charge is -2.07. The van der Waals surface area contributed by atoms with E-state index in [1.54, 1.807) is 0 Å². The molecule has 0 saturated heterocycles. The summed E-state index contributed by atoms with van der Waals surface area (Å²) in [6, 6.07) is 20.8. The van der Waals surface area contributed by atoms with Crippen molar-refractivity contribution in [3.8, 4) is 0 Å². The Balaban J connectivity index is 1.63. The fourth-order valence-corrected chi connectivity index (χ4v) is 2.73. The van der Waals surface area contributed by atoms with Gasteiger partial charge in [-0.1, -0.05) is 60.7 Å². The molecule has 0 spiro atoms. The Morgan fingerprint density at radius 1 is 0.652 bits per heavy atom. The Hall–Kier alpha value is -2.55. The summed E-state index contributed by atoms with van der Waals surface area (Å²) in [6.45, 7) is 0. The van der Waals surface area contributed by atoms with Crippen LogP contribution in [0.3, 0.4) is 0 Å². The van der Waals surface area contributed by atoms with Crippen LogP contribution < -0.4 is 0 Å². The molecule has 0 bridgehead atoms. The molecule has 0 aliphatic heterocycles. The number of nitrogens with zero attached hydrogens (tertiary/aromatic N) is 3. The summed E-state index contributed by atoms with van der Waals surface area (Å²) in [5, 5.41) is 0. The minimum Gasteiger partial charge on any atom is -0.217 e. The molecular weight excluding hydrogens is 282 g/mol. The predicted octanol–water partition coefficient (Wildman–Crippen LogP) is 3.93. The van der Waals surface area contributed by atoms with Crippen LogP contribution in [0.2, 0.25) is 0 Å². The van der Waals surface area contributed by atoms with Crippen LogP contribution in [0.25, 0.3) is 0 Å². The van der Waals surface area contributed by atoms with E-state index >= 15 is 0 Å². The molecule has 23 heavy (non-hydrogen) atoms. The third-order valence-corrected chi connectivity index (χ3v) is 4.10. The quantitative estimate of drug-likeness (QED) is 0.716. The lowest BCUT2D eigenvalue weighted by molar-refractivity contribution is 0.782. The zero-order valence-corrected chi connectivity index (χ0v) is 13.0. The molecule has 1 aromatic heterocycles. The minimum absolute atomic E-state index is 0.544. The van der Waals surface area contributed by atoms with Crippen LogP contribution in [-0.4, -0.2) is 15.0 Å². The van der Waals surface area contributed by atoms with Crippen molar-refractivity contribution in [1.29, 1.82) is 0 Å². The summed E-state index contributed by atoms with van der Waals surface area (Å²) >= 11 is 0. The van der Waals surface area contributed by atoms with Gasteiger partial charge in [-0.15, -0.1) is 0 Å². The number of hydrogen-bond acceptors (Lipinski definition) is 3. The second-order valence-electron chi connectivity index (χ2n) is 6.13.